The molecule has 2 rings (SSSR count). The molecule has 1 saturated carbocycles. The maximum Gasteiger partial charge on any atom is 0.268 e. The Morgan fingerprint density at radius 2 is 2.35 bits per heavy atom. The molecule has 1 amide bonds. The number of aliphatic hydroxyl groups is 1. The molecule has 112 valence electrons. The zero-order chi connectivity index (χ0) is 14.5. The predicted octanol–water partition coefficient (Wildman–Crippen LogP) is 1.53. The molecule has 1 fully saturated rings. The van der Waals surface area contributed by atoms with Crippen LogP contribution in [0.2, 0.25) is 0 Å². The number of rotatable bonds is 7. The van der Waals surface area contributed by atoms with Crippen LogP contribution < -0.4 is 11.1 Å². The summed E-state index contributed by atoms with van der Waals surface area (Å²) in [6, 6.07) is 0.290. The van der Waals surface area contributed by atoms with Gasteiger partial charge in [-0.15, -0.1) is 0 Å². The van der Waals surface area contributed by atoms with Gasteiger partial charge in [-0.1, -0.05) is 11.3 Å². The van der Waals surface area contributed by atoms with E-state index in [1.807, 2.05) is 11.8 Å². The van der Waals surface area contributed by atoms with E-state index in [2.05, 4.69) is 10.3 Å². The molecule has 20 heavy (non-hydrogen) atoms. The van der Waals surface area contributed by atoms with Crippen molar-refractivity contribution in [2.75, 3.05) is 30.7 Å². The number of carbonyl (C=O) groups excluding carboxylic acids is 1. The molecule has 1 aromatic rings. The predicted molar refractivity (Wildman–Crippen MR) is 81.1 cm³/mol. The maximum atomic E-state index is 12.6. The van der Waals surface area contributed by atoms with Crippen LogP contribution in [0.1, 0.15) is 42.3 Å². The normalized spacial score (nSPS) is 14.9. The number of aliphatic hydroxyl groups excluding tert-OH is 1. The summed E-state index contributed by atoms with van der Waals surface area (Å²) in [7, 11) is 0. The second-order valence-electron chi connectivity index (χ2n) is 4.92. The van der Waals surface area contributed by atoms with E-state index in [9.17, 15) is 4.79 Å². The van der Waals surface area contributed by atoms with Crippen molar-refractivity contribution in [3.05, 3.63) is 4.88 Å². The zero-order valence-electron chi connectivity index (χ0n) is 11.8. The third-order valence-electron chi connectivity index (χ3n) is 3.51. The Hall–Kier alpha value is -1.34. The van der Waals surface area contributed by atoms with E-state index in [1.165, 1.54) is 11.3 Å². The van der Waals surface area contributed by atoms with Crippen LogP contribution in [0.3, 0.4) is 0 Å². The second kappa shape index (κ2) is 6.90. The minimum absolute atomic E-state index is 0.0534. The van der Waals surface area contributed by atoms with Gasteiger partial charge in [0.05, 0.1) is 0 Å². The van der Waals surface area contributed by atoms with E-state index >= 15 is 0 Å². The molecule has 1 aromatic heterocycles. The number of hydrogen-bond acceptors (Lipinski definition) is 6. The fraction of sp³-hybridized carbons (Fsp3) is 0.692. The Morgan fingerprint density at radius 1 is 1.60 bits per heavy atom. The van der Waals surface area contributed by atoms with E-state index in [-0.39, 0.29) is 18.6 Å². The van der Waals surface area contributed by atoms with E-state index in [1.54, 1.807) is 0 Å². The topological polar surface area (TPSA) is 91.5 Å². The van der Waals surface area contributed by atoms with Gasteiger partial charge in [0.2, 0.25) is 0 Å². The van der Waals surface area contributed by atoms with Gasteiger partial charge in [-0.05, 0) is 32.6 Å². The smallest absolute Gasteiger partial charge is 0.268 e. The number of nitrogens with one attached hydrogen (secondary N) is 1. The summed E-state index contributed by atoms with van der Waals surface area (Å²) >= 11 is 1.31. The van der Waals surface area contributed by atoms with Gasteiger partial charge >= 0.3 is 0 Å². The van der Waals surface area contributed by atoms with E-state index in [4.69, 9.17) is 10.8 Å². The Kier molecular flexibility index (Phi) is 5.19. The molecule has 1 heterocycles. The lowest BCUT2D eigenvalue weighted by molar-refractivity contribution is 0.0568. The van der Waals surface area contributed by atoms with Crippen molar-refractivity contribution >= 4 is 28.2 Å². The Bertz CT molecular complexity index is 459. The van der Waals surface area contributed by atoms with Crippen LogP contribution in [-0.2, 0) is 0 Å². The third kappa shape index (κ3) is 3.21. The van der Waals surface area contributed by atoms with E-state index in [0.717, 1.165) is 25.8 Å². The number of nitrogens with two attached hydrogens (primary N) is 1. The van der Waals surface area contributed by atoms with Gasteiger partial charge < -0.3 is 21.1 Å². The fourth-order valence-electron chi connectivity index (χ4n) is 2.23. The van der Waals surface area contributed by atoms with Crippen molar-refractivity contribution < 1.29 is 9.90 Å². The molecule has 0 atom stereocenters. The van der Waals surface area contributed by atoms with Gasteiger partial charge in [-0.25, -0.2) is 4.98 Å². The summed E-state index contributed by atoms with van der Waals surface area (Å²) in [6.07, 6.45) is 3.83. The minimum Gasteiger partial charge on any atom is -0.396 e. The quantitative estimate of drug-likeness (QED) is 0.710. The van der Waals surface area contributed by atoms with Crippen molar-refractivity contribution in [2.24, 2.45) is 0 Å². The summed E-state index contributed by atoms with van der Waals surface area (Å²) in [4.78, 5) is 19.2. The van der Waals surface area contributed by atoms with E-state index < -0.39 is 0 Å². The van der Waals surface area contributed by atoms with Crippen molar-refractivity contribution in [1.29, 1.82) is 0 Å². The molecule has 0 radical (unpaired) electrons. The van der Waals surface area contributed by atoms with Crippen molar-refractivity contribution in [3.63, 3.8) is 0 Å². The molecule has 1 aliphatic rings. The van der Waals surface area contributed by atoms with Crippen molar-refractivity contribution in [3.8, 4) is 0 Å². The highest BCUT2D eigenvalue weighted by molar-refractivity contribution is 7.18. The monoisotopic (exact) mass is 298 g/mol. The highest BCUT2D eigenvalue weighted by Crippen LogP contribution is 2.31. The Morgan fingerprint density at radius 3 is 2.90 bits per heavy atom. The van der Waals surface area contributed by atoms with Crippen molar-refractivity contribution in [2.45, 2.75) is 38.6 Å². The number of nitrogen functional groups attached to an aromatic ring is 1. The van der Waals surface area contributed by atoms with Gasteiger partial charge in [-0.2, -0.15) is 0 Å². The fourth-order valence-corrected chi connectivity index (χ4v) is 3.14. The summed E-state index contributed by atoms with van der Waals surface area (Å²) in [5.74, 6) is 0.242. The molecule has 6 nitrogen and oxygen atoms in total. The van der Waals surface area contributed by atoms with Gasteiger partial charge in [0.15, 0.2) is 5.13 Å². The van der Waals surface area contributed by atoms with Crippen LogP contribution in [0.15, 0.2) is 0 Å². The lowest BCUT2D eigenvalue weighted by Crippen LogP contribution is -2.44. The van der Waals surface area contributed by atoms with Gasteiger partial charge in [0.25, 0.3) is 5.91 Å². The second-order valence-corrected chi connectivity index (χ2v) is 5.92. The zero-order valence-corrected chi connectivity index (χ0v) is 12.6. The minimum atomic E-state index is -0.0534. The first kappa shape index (κ1) is 15.1. The molecular formula is C13H22N4O2S. The molecular weight excluding hydrogens is 276 g/mol. The van der Waals surface area contributed by atoms with Crippen LogP contribution in [0, 0.1) is 0 Å². The molecule has 7 heteroatoms. The molecule has 1 aliphatic carbocycles. The average Bonchev–Trinajstić information content (AvgIpc) is 2.72. The van der Waals surface area contributed by atoms with E-state index in [0.29, 0.717) is 28.8 Å². The Labute approximate surface area is 123 Å². The third-order valence-corrected chi connectivity index (χ3v) is 4.53. The molecule has 0 unspecified atom stereocenters. The summed E-state index contributed by atoms with van der Waals surface area (Å²) in [5, 5.41) is 12.8. The molecule has 0 aromatic carbocycles. The van der Waals surface area contributed by atoms with Gasteiger partial charge in [-0.3, -0.25) is 4.79 Å². The highest BCUT2D eigenvalue weighted by Gasteiger charge is 2.31. The number of nitrogens with zero attached hydrogens (tertiary/aromatic N) is 2. The van der Waals surface area contributed by atoms with Crippen molar-refractivity contribution in [1.82, 2.24) is 9.88 Å². The van der Waals surface area contributed by atoms with Gasteiger partial charge in [0.1, 0.15) is 10.7 Å². The van der Waals surface area contributed by atoms with Crippen LogP contribution in [0.4, 0.5) is 10.9 Å². The summed E-state index contributed by atoms with van der Waals surface area (Å²) in [5.41, 5.74) is 5.86. The highest BCUT2D eigenvalue weighted by atomic mass is 32.1. The number of carbonyl (C=O) groups is 1. The van der Waals surface area contributed by atoms with Crippen LogP contribution in [0.5, 0.6) is 0 Å². The number of anilines is 2. The number of aromatic nitrogens is 1. The van der Waals surface area contributed by atoms with Crippen LogP contribution >= 0.6 is 11.3 Å². The molecule has 0 spiro atoms. The molecule has 0 aliphatic heterocycles. The maximum absolute atomic E-state index is 12.6. The summed E-state index contributed by atoms with van der Waals surface area (Å²) < 4.78 is 0. The Balaban J connectivity index is 2.13. The number of thiazole rings is 1. The number of amides is 1. The largest absolute Gasteiger partial charge is 0.396 e. The standard InChI is InChI=1S/C13H22N4O2S/c1-2-15-13-16-11(14)10(20-13)12(19)17(7-4-8-18)9-5-3-6-9/h9,18H,2-8,14H2,1H3,(H,15,16). The first-order chi connectivity index (χ1) is 9.67. The lowest BCUT2D eigenvalue weighted by Gasteiger charge is -2.37. The van der Waals surface area contributed by atoms with Gasteiger partial charge in [0, 0.05) is 25.7 Å². The summed E-state index contributed by atoms with van der Waals surface area (Å²) in [6.45, 7) is 3.39. The van der Waals surface area contributed by atoms with Crippen LogP contribution in [-0.4, -0.2) is 46.6 Å². The molecule has 0 bridgehead atoms. The molecule has 0 saturated heterocycles. The van der Waals surface area contributed by atoms with Crippen LogP contribution in [0.25, 0.3) is 0 Å². The SMILES string of the molecule is CCNc1nc(N)c(C(=O)N(CCCO)C2CCC2)s1. The number of hydrogen-bond donors (Lipinski definition) is 3. The first-order valence-corrected chi connectivity index (χ1v) is 7.91. The lowest BCUT2D eigenvalue weighted by atomic mass is 9.91. The first-order valence-electron chi connectivity index (χ1n) is 7.09. The average molecular weight is 298 g/mol. The molecule has 4 N–H and O–H groups in total.